The maximum Gasteiger partial charge on any atom is 0.343 e. The van der Waals surface area contributed by atoms with E-state index in [1.807, 2.05) is 103 Å². The number of benzene rings is 4. The predicted molar refractivity (Wildman–Crippen MR) is 202 cm³/mol. The number of carbonyl (C=O) groups excluding carboxylic acids is 2. The highest BCUT2D eigenvalue weighted by atomic mass is 16.5. The molecule has 2 aliphatic heterocycles. The Bertz CT molecular complexity index is 1890. The van der Waals surface area contributed by atoms with Crippen molar-refractivity contribution in [1.82, 2.24) is 0 Å². The number of methoxy groups -OCH3 is 2. The molecule has 0 unspecified atom stereocenters. The van der Waals surface area contributed by atoms with E-state index < -0.39 is 0 Å². The summed E-state index contributed by atoms with van der Waals surface area (Å²) in [4.78, 5) is 24.2. The third-order valence-electron chi connectivity index (χ3n) is 8.27. The van der Waals surface area contributed by atoms with Gasteiger partial charge in [0.25, 0.3) is 0 Å². The van der Waals surface area contributed by atoms with Gasteiger partial charge in [-0.15, -0.1) is 0 Å². The average Bonchev–Trinajstić information content (AvgIpc) is 3.73. The molecule has 0 spiro atoms. The first kappa shape index (κ1) is 36.5. The van der Waals surface area contributed by atoms with Crippen LogP contribution in [0.4, 0.5) is 0 Å². The monoisotopic (exact) mass is 684 g/mol. The van der Waals surface area contributed by atoms with Crippen LogP contribution >= 0.6 is 0 Å². The van der Waals surface area contributed by atoms with Gasteiger partial charge in [0.05, 0.1) is 32.0 Å². The SMILES string of the molecule is CCCCCCCCOc1ccc(/C=C2/C=C(c3ccc(OC)c(OC)c3)OC2=O)cc1.O=C1OC(c2ccccc2)=C/C1=C/c1ccccc1. The summed E-state index contributed by atoms with van der Waals surface area (Å²) in [5.41, 5.74) is 4.62. The number of cyclic esters (lactones) is 2. The average molecular weight is 685 g/mol. The van der Waals surface area contributed by atoms with E-state index in [1.54, 1.807) is 38.5 Å². The lowest BCUT2D eigenvalue weighted by Gasteiger charge is -2.09. The summed E-state index contributed by atoms with van der Waals surface area (Å²) >= 11 is 0. The van der Waals surface area contributed by atoms with Gasteiger partial charge in [-0.1, -0.05) is 112 Å². The fraction of sp³-hybridized carbons (Fsp3) is 0.227. The normalized spacial score (nSPS) is 15.0. The molecule has 4 aromatic rings. The summed E-state index contributed by atoms with van der Waals surface area (Å²) in [5, 5.41) is 0. The molecule has 0 atom stereocenters. The Labute approximate surface area is 300 Å². The van der Waals surface area contributed by atoms with Crippen LogP contribution in [0.25, 0.3) is 23.7 Å². The van der Waals surface area contributed by atoms with E-state index in [0.29, 0.717) is 34.2 Å². The van der Waals surface area contributed by atoms with Gasteiger partial charge >= 0.3 is 11.9 Å². The Hall–Kier alpha value is -5.82. The Kier molecular flexibility index (Phi) is 13.4. The number of hydrogen-bond donors (Lipinski definition) is 0. The third kappa shape index (κ3) is 10.6. The first-order valence-electron chi connectivity index (χ1n) is 17.3. The molecule has 0 fully saturated rings. The maximum absolute atomic E-state index is 12.4. The summed E-state index contributed by atoms with van der Waals surface area (Å²) < 4.78 is 27.2. The molecule has 0 aromatic heterocycles. The Morgan fingerprint density at radius 2 is 1.12 bits per heavy atom. The van der Waals surface area contributed by atoms with Crippen molar-refractivity contribution in [1.29, 1.82) is 0 Å². The van der Waals surface area contributed by atoms with Gasteiger partial charge in [-0.25, -0.2) is 9.59 Å². The van der Waals surface area contributed by atoms with Crippen molar-refractivity contribution in [3.63, 3.8) is 0 Å². The molecular formula is C44H44O7. The Balaban J connectivity index is 0.000000224. The van der Waals surface area contributed by atoms with Crippen LogP contribution in [0, 0.1) is 0 Å². The first-order valence-corrected chi connectivity index (χ1v) is 17.3. The lowest BCUT2D eigenvalue weighted by molar-refractivity contribution is -0.131. The van der Waals surface area contributed by atoms with E-state index >= 15 is 0 Å². The van der Waals surface area contributed by atoms with Crippen molar-refractivity contribution in [3.05, 3.63) is 149 Å². The van der Waals surface area contributed by atoms with Crippen LogP contribution in [0.15, 0.2) is 126 Å². The minimum atomic E-state index is -0.377. The predicted octanol–water partition coefficient (Wildman–Crippen LogP) is 10.1. The minimum absolute atomic E-state index is 0.303. The van der Waals surface area contributed by atoms with Gasteiger partial charge in [-0.05, 0) is 72.2 Å². The van der Waals surface area contributed by atoms with Gasteiger partial charge in [0.15, 0.2) is 11.5 Å². The van der Waals surface area contributed by atoms with Crippen molar-refractivity contribution in [2.75, 3.05) is 20.8 Å². The van der Waals surface area contributed by atoms with Crippen LogP contribution in [-0.2, 0) is 19.1 Å². The maximum atomic E-state index is 12.4. The molecular weight excluding hydrogens is 640 g/mol. The third-order valence-corrected chi connectivity index (χ3v) is 8.27. The van der Waals surface area contributed by atoms with Crippen molar-refractivity contribution in [2.45, 2.75) is 45.4 Å². The molecule has 7 heteroatoms. The van der Waals surface area contributed by atoms with Crippen LogP contribution < -0.4 is 14.2 Å². The zero-order chi connectivity index (χ0) is 35.8. The van der Waals surface area contributed by atoms with Crippen LogP contribution in [-0.4, -0.2) is 32.8 Å². The molecule has 51 heavy (non-hydrogen) atoms. The molecule has 2 aliphatic rings. The molecule has 4 aromatic carbocycles. The number of rotatable bonds is 14. The van der Waals surface area contributed by atoms with Crippen molar-refractivity contribution in [2.24, 2.45) is 0 Å². The van der Waals surface area contributed by atoms with Gasteiger partial charge in [0, 0.05) is 11.1 Å². The summed E-state index contributed by atoms with van der Waals surface area (Å²) in [6.45, 7) is 2.96. The van der Waals surface area contributed by atoms with Crippen molar-refractivity contribution >= 4 is 35.6 Å². The Morgan fingerprint density at radius 1 is 0.569 bits per heavy atom. The molecule has 0 N–H and O–H groups in total. The molecule has 0 saturated heterocycles. The molecule has 6 rings (SSSR count). The van der Waals surface area contributed by atoms with Crippen LogP contribution in [0.5, 0.6) is 17.2 Å². The van der Waals surface area contributed by atoms with Gasteiger partial charge in [0.2, 0.25) is 0 Å². The highest BCUT2D eigenvalue weighted by molar-refractivity contribution is 6.05. The smallest absolute Gasteiger partial charge is 0.343 e. The lowest BCUT2D eigenvalue weighted by atomic mass is 10.1. The van der Waals surface area contributed by atoms with Crippen molar-refractivity contribution < 1.29 is 33.3 Å². The molecule has 0 saturated carbocycles. The second kappa shape index (κ2) is 18.8. The van der Waals surface area contributed by atoms with E-state index in [4.69, 9.17) is 23.7 Å². The van der Waals surface area contributed by atoms with Gasteiger partial charge in [0.1, 0.15) is 17.3 Å². The topological polar surface area (TPSA) is 80.3 Å². The Morgan fingerprint density at radius 3 is 1.73 bits per heavy atom. The molecule has 0 bridgehead atoms. The standard InChI is InChI=1S/C27H32O5.C17H12O2/c1-4-5-6-7-8-9-16-31-23-13-10-20(11-14-23)17-22-19-25(32-27(22)28)21-12-15-24(29-2)26(18-21)30-3;18-17-15(11-13-7-3-1-4-8-13)12-16(19-17)14-9-5-2-6-10-14/h10-15,17-19H,4-9,16H2,1-3H3;1-12H/b22-17-;15-11-. The summed E-state index contributed by atoms with van der Waals surface area (Å²) in [6, 6.07) is 32.5. The van der Waals surface area contributed by atoms with E-state index in [-0.39, 0.29) is 11.9 Å². The second-order valence-electron chi connectivity index (χ2n) is 12.0. The summed E-state index contributed by atoms with van der Waals surface area (Å²) in [5.74, 6) is 2.46. The number of esters is 2. The largest absolute Gasteiger partial charge is 0.494 e. The van der Waals surface area contributed by atoms with Crippen LogP contribution in [0.1, 0.15) is 67.7 Å². The molecule has 7 nitrogen and oxygen atoms in total. The van der Waals surface area contributed by atoms with E-state index in [1.165, 1.54) is 32.1 Å². The van der Waals surface area contributed by atoms with Gasteiger partial charge in [-0.2, -0.15) is 0 Å². The van der Waals surface area contributed by atoms with Crippen molar-refractivity contribution in [3.8, 4) is 17.2 Å². The molecule has 2 heterocycles. The first-order chi connectivity index (χ1) is 25.0. The van der Waals surface area contributed by atoms with Crippen LogP contribution in [0.3, 0.4) is 0 Å². The molecule has 0 amide bonds. The second-order valence-corrected chi connectivity index (χ2v) is 12.0. The van der Waals surface area contributed by atoms with Crippen LogP contribution in [0.2, 0.25) is 0 Å². The number of unbranched alkanes of at least 4 members (excludes halogenated alkanes) is 5. The van der Waals surface area contributed by atoms with Gasteiger partial charge in [-0.3, -0.25) is 0 Å². The number of ether oxygens (including phenoxy) is 5. The zero-order valence-corrected chi connectivity index (χ0v) is 29.4. The lowest BCUT2D eigenvalue weighted by Crippen LogP contribution is -1.98. The number of hydrogen-bond acceptors (Lipinski definition) is 7. The summed E-state index contributed by atoms with van der Waals surface area (Å²) in [7, 11) is 3.15. The minimum Gasteiger partial charge on any atom is -0.494 e. The fourth-order valence-electron chi connectivity index (χ4n) is 5.50. The molecule has 262 valence electrons. The quantitative estimate of drug-likeness (QED) is 0.0743. The zero-order valence-electron chi connectivity index (χ0n) is 29.4. The highest BCUT2D eigenvalue weighted by Gasteiger charge is 2.23. The fourth-order valence-corrected chi connectivity index (χ4v) is 5.50. The van der Waals surface area contributed by atoms with Gasteiger partial charge < -0.3 is 23.7 Å². The van der Waals surface area contributed by atoms with E-state index in [9.17, 15) is 9.59 Å². The van der Waals surface area contributed by atoms with E-state index in [2.05, 4.69) is 6.92 Å². The highest BCUT2D eigenvalue weighted by Crippen LogP contribution is 2.34. The summed E-state index contributed by atoms with van der Waals surface area (Å²) in [6.07, 6.45) is 14.6. The molecule has 0 aliphatic carbocycles. The van der Waals surface area contributed by atoms with E-state index in [0.717, 1.165) is 41.0 Å². The number of carbonyl (C=O) groups is 2. The molecule has 0 radical (unpaired) electrons.